The lowest BCUT2D eigenvalue weighted by Gasteiger charge is -2.10. The standard InChI is InChI=1S/C22H20O4/c1-24-20-14-12-17(16-8-4-5-9-18(16)20)19(23)13-11-15-7-6-10-21(25-2)22(15)26-3/h4-14H,1-3H3. The van der Waals surface area contributed by atoms with E-state index in [1.165, 1.54) is 0 Å². The number of allylic oxidation sites excluding steroid dienone is 1. The lowest BCUT2D eigenvalue weighted by atomic mass is 10.00. The Morgan fingerprint density at radius 3 is 2.19 bits per heavy atom. The molecule has 0 aromatic heterocycles. The molecule has 4 nitrogen and oxygen atoms in total. The van der Waals surface area contributed by atoms with Gasteiger partial charge in [0.25, 0.3) is 0 Å². The number of hydrogen-bond acceptors (Lipinski definition) is 4. The molecule has 0 aliphatic heterocycles. The van der Waals surface area contributed by atoms with Gasteiger partial charge in [-0.05, 0) is 35.7 Å². The molecule has 0 N–H and O–H groups in total. The number of ketones is 1. The minimum atomic E-state index is -0.0891. The monoisotopic (exact) mass is 348 g/mol. The van der Waals surface area contributed by atoms with Crippen LogP contribution < -0.4 is 14.2 Å². The molecule has 0 amide bonds. The summed E-state index contributed by atoms with van der Waals surface area (Å²) in [6.07, 6.45) is 3.29. The van der Waals surface area contributed by atoms with Crippen molar-refractivity contribution in [1.82, 2.24) is 0 Å². The highest BCUT2D eigenvalue weighted by Crippen LogP contribution is 2.32. The number of methoxy groups -OCH3 is 3. The molecule has 0 heterocycles. The predicted octanol–water partition coefficient (Wildman–Crippen LogP) is 4.76. The van der Waals surface area contributed by atoms with Crippen molar-refractivity contribution in [3.63, 3.8) is 0 Å². The summed E-state index contributed by atoms with van der Waals surface area (Å²) in [7, 11) is 4.78. The number of benzene rings is 3. The van der Waals surface area contributed by atoms with Crippen LogP contribution in [0.15, 0.2) is 60.7 Å². The topological polar surface area (TPSA) is 44.8 Å². The predicted molar refractivity (Wildman–Crippen MR) is 103 cm³/mol. The number of rotatable bonds is 6. The Morgan fingerprint density at radius 1 is 0.769 bits per heavy atom. The Hall–Kier alpha value is -3.27. The second-order valence-electron chi connectivity index (χ2n) is 5.64. The van der Waals surface area contributed by atoms with Gasteiger partial charge in [0.05, 0.1) is 21.3 Å². The SMILES string of the molecule is COc1cccc(C=CC(=O)c2ccc(OC)c3ccccc23)c1OC. The molecule has 0 spiro atoms. The van der Waals surface area contributed by atoms with Crippen LogP contribution in [-0.2, 0) is 0 Å². The summed E-state index contributed by atoms with van der Waals surface area (Å²) in [4.78, 5) is 12.8. The maximum absolute atomic E-state index is 12.8. The van der Waals surface area contributed by atoms with Gasteiger partial charge < -0.3 is 14.2 Å². The molecule has 0 saturated heterocycles. The molecule has 0 aliphatic carbocycles. The zero-order chi connectivity index (χ0) is 18.5. The Bertz CT molecular complexity index is 973. The fourth-order valence-corrected chi connectivity index (χ4v) is 2.96. The van der Waals surface area contributed by atoms with Gasteiger partial charge in [0.15, 0.2) is 17.3 Å². The normalized spacial score (nSPS) is 10.9. The zero-order valence-corrected chi connectivity index (χ0v) is 15.0. The number of carbonyl (C=O) groups is 1. The highest BCUT2D eigenvalue weighted by atomic mass is 16.5. The first-order valence-electron chi connectivity index (χ1n) is 8.18. The smallest absolute Gasteiger partial charge is 0.186 e. The fraction of sp³-hybridized carbons (Fsp3) is 0.136. The van der Waals surface area contributed by atoms with Gasteiger partial charge >= 0.3 is 0 Å². The molecule has 0 atom stereocenters. The minimum absolute atomic E-state index is 0.0891. The van der Waals surface area contributed by atoms with Crippen molar-refractivity contribution in [1.29, 1.82) is 0 Å². The molecule has 0 aliphatic rings. The molecule has 0 radical (unpaired) electrons. The molecular formula is C22H20O4. The molecule has 0 unspecified atom stereocenters. The van der Waals surface area contributed by atoms with Crippen LogP contribution in [-0.4, -0.2) is 27.1 Å². The number of carbonyl (C=O) groups excluding carboxylic acids is 1. The van der Waals surface area contributed by atoms with E-state index in [1.807, 2.05) is 48.5 Å². The van der Waals surface area contributed by atoms with Crippen LogP contribution in [0.2, 0.25) is 0 Å². The van der Waals surface area contributed by atoms with E-state index in [0.29, 0.717) is 17.1 Å². The molecule has 0 saturated carbocycles. The minimum Gasteiger partial charge on any atom is -0.496 e. The van der Waals surface area contributed by atoms with Crippen LogP contribution in [0.5, 0.6) is 17.2 Å². The molecule has 3 aromatic rings. The maximum Gasteiger partial charge on any atom is 0.186 e. The third-order valence-electron chi connectivity index (χ3n) is 4.22. The van der Waals surface area contributed by atoms with Gasteiger partial charge in [-0.2, -0.15) is 0 Å². The van der Waals surface area contributed by atoms with E-state index >= 15 is 0 Å². The summed E-state index contributed by atoms with van der Waals surface area (Å²) in [5.41, 5.74) is 1.40. The average Bonchev–Trinajstić information content (AvgIpc) is 2.70. The molecular weight excluding hydrogens is 328 g/mol. The Kier molecular flexibility index (Phi) is 5.23. The number of para-hydroxylation sites is 1. The van der Waals surface area contributed by atoms with Crippen molar-refractivity contribution in [2.24, 2.45) is 0 Å². The highest BCUT2D eigenvalue weighted by molar-refractivity contribution is 6.15. The van der Waals surface area contributed by atoms with Crippen LogP contribution in [0.1, 0.15) is 15.9 Å². The highest BCUT2D eigenvalue weighted by Gasteiger charge is 2.12. The second-order valence-corrected chi connectivity index (χ2v) is 5.64. The lowest BCUT2D eigenvalue weighted by Crippen LogP contribution is -1.98. The Morgan fingerprint density at radius 2 is 1.50 bits per heavy atom. The van der Waals surface area contributed by atoms with Gasteiger partial charge in [-0.15, -0.1) is 0 Å². The van der Waals surface area contributed by atoms with E-state index in [4.69, 9.17) is 14.2 Å². The lowest BCUT2D eigenvalue weighted by molar-refractivity contribution is 0.104. The van der Waals surface area contributed by atoms with E-state index in [2.05, 4.69) is 0 Å². The van der Waals surface area contributed by atoms with Gasteiger partial charge in [-0.3, -0.25) is 4.79 Å². The first-order valence-corrected chi connectivity index (χ1v) is 8.18. The summed E-state index contributed by atoms with van der Waals surface area (Å²) in [5, 5.41) is 1.77. The van der Waals surface area contributed by atoms with Gasteiger partial charge in [0.1, 0.15) is 5.75 Å². The van der Waals surface area contributed by atoms with Gasteiger partial charge in [-0.1, -0.05) is 36.4 Å². The van der Waals surface area contributed by atoms with Crippen molar-refractivity contribution < 1.29 is 19.0 Å². The second kappa shape index (κ2) is 7.74. The van der Waals surface area contributed by atoms with Crippen molar-refractivity contribution in [3.8, 4) is 17.2 Å². The first kappa shape index (κ1) is 17.5. The van der Waals surface area contributed by atoms with Crippen molar-refractivity contribution in [3.05, 3.63) is 71.8 Å². The van der Waals surface area contributed by atoms with E-state index in [0.717, 1.165) is 22.1 Å². The van der Waals surface area contributed by atoms with Crippen LogP contribution in [0.3, 0.4) is 0 Å². The van der Waals surface area contributed by atoms with Gasteiger partial charge in [-0.25, -0.2) is 0 Å². The summed E-state index contributed by atoms with van der Waals surface area (Å²) in [5.74, 6) is 1.87. The summed E-state index contributed by atoms with van der Waals surface area (Å²) in [6, 6.07) is 16.8. The summed E-state index contributed by atoms with van der Waals surface area (Å²) in [6.45, 7) is 0. The summed E-state index contributed by atoms with van der Waals surface area (Å²) < 4.78 is 16.1. The molecule has 0 bridgehead atoms. The largest absolute Gasteiger partial charge is 0.496 e. The Labute approximate surface area is 152 Å². The van der Waals surface area contributed by atoms with E-state index in [9.17, 15) is 4.79 Å². The molecule has 3 rings (SSSR count). The molecule has 26 heavy (non-hydrogen) atoms. The van der Waals surface area contributed by atoms with Gasteiger partial charge in [0, 0.05) is 16.5 Å². The average molecular weight is 348 g/mol. The zero-order valence-electron chi connectivity index (χ0n) is 15.0. The van der Waals surface area contributed by atoms with Crippen LogP contribution in [0.4, 0.5) is 0 Å². The molecule has 4 heteroatoms. The van der Waals surface area contributed by atoms with E-state index < -0.39 is 0 Å². The molecule has 0 fully saturated rings. The van der Waals surface area contributed by atoms with Crippen LogP contribution in [0, 0.1) is 0 Å². The number of hydrogen-bond donors (Lipinski definition) is 0. The van der Waals surface area contributed by atoms with Crippen molar-refractivity contribution in [2.45, 2.75) is 0 Å². The van der Waals surface area contributed by atoms with Crippen molar-refractivity contribution in [2.75, 3.05) is 21.3 Å². The summed E-state index contributed by atoms with van der Waals surface area (Å²) >= 11 is 0. The van der Waals surface area contributed by atoms with Gasteiger partial charge in [0.2, 0.25) is 0 Å². The Balaban J connectivity index is 1.99. The number of ether oxygens (including phenoxy) is 3. The first-order chi connectivity index (χ1) is 12.7. The van der Waals surface area contributed by atoms with Crippen molar-refractivity contribution >= 4 is 22.6 Å². The molecule has 3 aromatic carbocycles. The fourth-order valence-electron chi connectivity index (χ4n) is 2.96. The van der Waals surface area contributed by atoms with E-state index in [-0.39, 0.29) is 5.78 Å². The maximum atomic E-state index is 12.8. The van der Waals surface area contributed by atoms with Crippen LogP contribution in [0.25, 0.3) is 16.8 Å². The third kappa shape index (κ3) is 3.26. The van der Waals surface area contributed by atoms with Crippen LogP contribution >= 0.6 is 0 Å². The number of fused-ring (bicyclic) bond motifs is 1. The van der Waals surface area contributed by atoms with E-state index in [1.54, 1.807) is 39.5 Å². The quantitative estimate of drug-likeness (QED) is 0.476. The molecule has 132 valence electrons. The third-order valence-corrected chi connectivity index (χ3v) is 4.22.